The number of rotatable bonds is 6. The molecule has 1 fully saturated rings. The molecule has 2 aromatic heterocycles. The molecule has 0 unspecified atom stereocenters. The zero-order valence-corrected chi connectivity index (χ0v) is 20.6. The Kier molecular flexibility index (Phi) is 6.77. The highest BCUT2D eigenvalue weighted by Crippen LogP contribution is 2.31. The van der Waals surface area contributed by atoms with E-state index in [1.807, 2.05) is 60.0 Å². The lowest BCUT2D eigenvalue weighted by Gasteiger charge is -2.34. The first kappa shape index (κ1) is 23.1. The van der Waals surface area contributed by atoms with Gasteiger partial charge < -0.3 is 16.0 Å². The molecule has 0 saturated carbocycles. The average Bonchev–Trinajstić information content (AvgIpc) is 3.59. The molecule has 5 rings (SSSR count). The lowest BCUT2D eigenvalue weighted by atomic mass is 10.1. The summed E-state index contributed by atoms with van der Waals surface area (Å²) in [6.45, 7) is 4.37. The molecule has 0 spiro atoms. The first-order chi connectivity index (χ1) is 17.1. The second-order valence-electron chi connectivity index (χ2n) is 8.31. The van der Waals surface area contributed by atoms with E-state index in [-0.39, 0.29) is 5.91 Å². The fraction of sp³-hybridized carbons (Fsp3) is 0.192. The predicted molar refractivity (Wildman–Crippen MR) is 143 cm³/mol. The summed E-state index contributed by atoms with van der Waals surface area (Å²) < 4.78 is 0. The van der Waals surface area contributed by atoms with Crippen LogP contribution in [0.1, 0.15) is 20.8 Å². The van der Waals surface area contributed by atoms with E-state index in [1.54, 1.807) is 17.5 Å². The van der Waals surface area contributed by atoms with Crippen molar-refractivity contribution < 1.29 is 4.79 Å². The predicted octanol–water partition coefficient (Wildman–Crippen LogP) is 4.90. The number of hydrogen-bond acceptors (Lipinski definition) is 8. The third-order valence-electron chi connectivity index (χ3n) is 5.96. The molecule has 7 nitrogen and oxygen atoms in total. The highest BCUT2D eigenvalue weighted by Gasteiger charge is 2.21. The number of anilines is 3. The standard InChI is InChI=1S/C26H24N6OS2/c27-15-18-3-5-19(6-4-18)17-31-9-11-32(12-10-31)26-29-16-24(35-26)25(33)30-22-14-20(7-8-21(22)28)23-2-1-13-34-23/h1-8,13-14,16H,9-12,17,28H2,(H,30,33). The maximum Gasteiger partial charge on any atom is 0.267 e. The fourth-order valence-electron chi connectivity index (χ4n) is 4.00. The molecular formula is C26H24N6OS2. The fourth-order valence-corrected chi connectivity index (χ4v) is 5.59. The molecule has 1 amide bonds. The van der Waals surface area contributed by atoms with Crippen molar-refractivity contribution in [1.82, 2.24) is 9.88 Å². The highest BCUT2D eigenvalue weighted by atomic mass is 32.1. The summed E-state index contributed by atoms with van der Waals surface area (Å²) in [4.78, 5) is 23.7. The van der Waals surface area contributed by atoms with Gasteiger partial charge in [-0.3, -0.25) is 9.69 Å². The number of nitrogens with two attached hydrogens (primary N) is 1. The molecule has 1 saturated heterocycles. The smallest absolute Gasteiger partial charge is 0.267 e. The van der Waals surface area contributed by atoms with Gasteiger partial charge in [0.05, 0.1) is 29.2 Å². The summed E-state index contributed by atoms with van der Waals surface area (Å²) in [7, 11) is 0. The zero-order chi connectivity index (χ0) is 24.2. The molecule has 1 aliphatic rings. The summed E-state index contributed by atoms with van der Waals surface area (Å²) in [5, 5.41) is 14.8. The van der Waals surface area contributed by atoms with Crippen molar-refractivity contribution >= 4 is 45.1 Å². The molecular weight excluding hydrogens is 476 g/mol. The number of hydrogen-bond donors (Lipinski definition) is 2. The summed E-state index contributed by atoms with van der Waals surface area (Å²) in [5.74, 6) is -0.205. The van der Waals surface area contributed by atoms with Crippen molar-refractivity contribution in [2.45, 2.75) is 6.54 Å². The molecule has 176 valence electrons. The first-order valence-corrected chi connectivity index (χ1v) is 13.0. The first-order valence-electron chi connectivity index (χ1n) is 11.3. The molecule has 3 N–H and O–H groups in total. The van der Waals surface area contributed by atoms with Crippen LogP contribution in [0.25, 0.3) is 10.4 Å². The van der Waals surface area contributed by atoms with E-state index in [2.05, 4.69) is 26.2 Å². The molecule has 0 atom stereocenters. The van der Waals surface area contributed by atoms with Gasteiger partial charge in [-0.15, -0.1) is 11.3 Å². The Morgan fingerprint density at radius 1 is 1.11 bits per heavy atom. The molecule has 0 bridgehead atoms. The van der Waals surface area contributed by atoms with Crippen molar-refractivity contribution in [1.29, 1.82) is 5.26 Å². The van der Waals surface area contributed by atoms with Crippen LogP contribution in [0.5, 0.6) is 0 Å². The topological polar surface area (TPSA) is 98.3 Å². The normalized spacial score (nSPS) is 14.0. The van der Waals surface area contributed by atoms with Crippen LogP contribution in [-0.4, -0.2) is 42.0 Å². The Labute approximate surface area is 212 Å². The van der Waals surface area contributed by atoms with E-state index in [0.717, 1.165) is 48.3 Å². The molecule has 1 aliphatic heterocycles. The Balaban J connectivity index is 1.18. The molecule has 3 heterocycles. The Morgan fingerprint density at radius 3 is 2.63 bits per heavy atom. The molecule has 2 aromatic carbocycles. The minimum Gasteiger partial charge on any atom is -0.397 e. The van der Waals surface area contributed by atoms with Crippen molar-refractivity contribution in [2.24, 2.45) is 0 Å². The second kappa shape index (κ2) is 10.3. The number of carbonyl (C=O) groups excluding carboxylic acids is 1. The summed E-state index contributed by atoms with van der Waals surface area (Å²) in [5.41, 5.74) is 10.2. The van der Waals surface area contributed by atoms with Crippen molar-refractivity contribution in [2.75, 3.05) is 42.1 Å². The van der Waals surface area contributed by atoms with Crippen molar-refractivity contribution in [3.05, 3.63) is 82.2 Å². The van der Waals surface area contributed by atoms with Crippen LogP contribution in [0.15, 0.2) is 66.2 Å². The maximum absolute atomic E-state index is 12.9. The van der Waals surface area contributed by atoms with Crippen LogP contribution in [0.2, 0.25) is 0 Å². The van der Waals surface area contributed by atoms with E-state index in [1.165, 1.54) is 16.9 Å². The molecule has 0 aliphatic carbocycles. The summed E-state index contributed by atoms with van der Waals surface area (Å²) in [6, 6.07) is 19.6. The maximum atomic E-state index is 12.9. The van der Waals surface area contributed by atoms with Crippen LogP contribution in [-0.2, 0) is 6.54 Å². The number of nitriles is 1. The summed E-state index contributed by atoms with van der Waals surface area (Å²) in [6.07, 6.45) is 1.64. The van der Waals surface area contributed by atoms with Gasteiger partial charge in [0.2, 0.25) is 0 Å². The largest absolute Gasteiger partial charge is 0.397 e. The number of nitrogens with one attached hydrogen (secondary N) is 1. The van der Waals surface area contributed by atoms with Gasteiger partial charge in [-0.2, -0.15) is 5.26 Å². The number of carbonyl (C=O) groups is 1. The van der Waals surface area contributed by atoms with E-state index in [9.17, 15) is 4.79 Å². The van der Waals surface area contributed by atoms with Gasteiger partial charge in [-0.25, -0.2) is 4.98 Å². The SMILES string of the molecule is N#Cc1ccc(CN2CCN(c3ncc(C(=O)Nc4cc(-c5cccs5)ccc4N)s3)CC2)cc1. The number of thiophene rings is 1. The highest BCUT2D eigenvalue weighted by molar-refractivity contribution is 7.17. The minimum absolute atomic E-state index is 0.205. The van der Waals surface area contributed by atoms with Gasteiger partial charge in [0.25, 0.3) is 5.91 Å². The Hall–Kier alpha value is -3.71. The number of aromatic nitrogens is 1. The number of piperazine rings is 1. The lowest BCUT2D eigenvalue weighted by molar-refractivity contribution is 0.103. The van der Waals surface area contributed by atoms with E-state index >= 15 is 0 Å². The second-order valence-corrected chi connectivity index (χ2v) is 10.3. The molecule has 9 heteroatoms. The monoisotopic (exact) mass is 500 g/mol. The Bertz CT molecular complexity index is 1350. The number of nitrogen functional groups attached to an aromatic ring is 1. The van der Waals surface area contributed by atoms with Crippen LogP contribution >= 0.6 is 22.7 Å². The van der Waals surface area contributed by atoms with Crippen LogP contribution < -0.4 is 16.0 Å². The van der Waals surface area contributed by atoms with Gasteiger partial charge in [-0.1, -0.05) is 35.6 Å². The van der Waals surface area contributed by atoms with E-state index in [0.29, 0.717) is 21.8 Å². The summed E-state index contributed by atoms with van der Waals surface area (Å²) >= 11 is 3.04. The number of nitrogens with zero attached hydrogens (tertiary/aromatic N) is 4. The number of benzene rings is 2. The third-order valence-corrected chi connectivity index (χ3v) is 7.93. The number of thiazole rings is 1. The van der Waals surface area contributed by atoms with E-state index < -0.39 is 0 Å². The van der Waals surface area contributed by atoms with Gasteiger partial charge in [-0.05, 0) is 46.8 Å². The van der Waals surface area contributed by atoms with Crippen LogP contribution in [0.4, 0.5) is 16.5 Å². The van der Waals surface area contributed by atoms with Crippen LogP contribution in [0, 0.1) is 11.3 Å². The minimum atomic E-state index is -0.205. The van der Waals surface area contributed by atoms with Gasteiger partial charge in [0.15, 0.2) is 5.13 Å². The van der Waals surface area contributed by atoms with Crippen molar-refractivity contribution in [3.63, 3.8) is 0 Å². The van der Waals surface area contributed by atoms with Crippen LogP contribution in [0.3, 0.4) is 0 Å². The lowest BCUT2D eigenvalue weighted by Crippen LogP contribution is -2.45. The quantitative estimate of drug-likeness (QED) is 0.366. The van der Waals surface area contributed by atoms with Gasteiger partial charge in [0, 0.05) is 37.6 Å². The number of amides is 1. The van der Waals surface area contributed by atoms with Crippen molar-refractivity contribution in [3.8, 4) is 16.5 Å². The molecule has 0 radical (unpaired) electrons. The van der Waals surface area contributed by atoms with E-state index in [4.69, 9.17) is 11.0 Å². The molecule has 4 aromatic rings. The zero-order valence-electron chi connectivity index (χ0n) is 19.0. The Morgan fingerprint density at radius 2 is 1.91 bits per heavy atom. The third kappa shape index (κ3) is 5.35. The van der Waals surface area contributed by atoms with Gasteiger partial charge >= 0.3 is 0 Å². The average molecular weight is 501 g/mol. The van der Waals surface area contributed by atoms with Gasteiger partial charge in [0.1, 0.15) is 4.88 Å². The molecule has 35 heavy (non-hydrogen) atoms.